The molecule has 0 spiro atoms. The summed E-state index contributed by atoms with van der Waals surface area (Å²) >= 11 is 0. The second-order valence-corrected chi connectivity index (χ2v) is 6.64. The second-order valence-electron chi connectivity index (χ2n) is 6.64. The van der Waals surface area contributed by atoms with Crippen molar-refractivity contribution in [3.63, 3.8) is 0 Å². The predicted octanol–water partition coefficient (Wildman–Crippen LogP) is 2.81. The van der Waals surface area contributed by atoms with Gasteiger partial charge in [-0.1, -0.05) is 18.2 Å². The van der Waals surface area contributed by atoms with Crippen molar-refractivity contribution >= 4 is 29.9 Å². The lowest BCUT2D eigenvalue weighted by Gasteiger charge is -2.25. The van der Waals surface area contributed by atoms with Crippen LogP contribution in [0.15, 0.2) is 42.5 Å². The number of benzene rings is 2. The Balaban J connectivity index is 0.00000300. The third-order valence-electron chi connectivity index (χ3n) is 4.94. The molecule has 29 heavy (non-hydrogen) atoms. The molecule has 1 aliphatic rings. The van der Waals surface area contributed by atoms with Gasteiger partial charge in [-0.25, -0.2) is 0 Å². The Bertz CT molecular complexity index is 855. The molecule has 1 fully saturated rings. The summed E-state index contributed by atoms with van der Waals surface area (Å²) in [4.78, 5) is 27.5. The number of hydrogen-bond acceptors (Lipinski definition) is 5. The molecule has 7 nitrogen and oxygen atoms in total. The van der Waals surface area contributed by atoms with Crippen LogP contribution in [0.1, 0.15) is 27.1 Å². The zero-order chi connectivity index (χ0) is 20.1. The van der Waals surface area contributed by atoms with Crippen molar-refractivity contribution in [2.24, 2.45) is 0 Å². The van der Waals surface area contributed by atoms with Gasteiger partial charge in [-0.2, -0.15) is 0 Å². The van der Waals surface area contributed by atoms with E-state index in [9.17, 15) is 9.59 Å². The molecule has 8 heteroatoms. The first-order valence-electron chi connectivity index (χ1n) is 9.15. The van der Waals surface area contributed by atoms with Crippen LogP contribution in [0, 0.1) is 0 Å². The summed E-state index contributed by atoms with van der Waals surface area (Å²) in [6, 6.07) is 12.2. The topological polar surface area (TPSA) is 79.9 Å². The van der Waals surface area contributed by atoms with Gasteiger partial charge >= 0.3 is 0 Å². The molecule has 0 bridgehead atoms. The molecule has 0 radical (unpaired) electrons. The number of methoxy groups -OCH3 is 2. The highest BCUT2D eigenvalue weighted by molar-refractivity contribution is 6.09. The highest BCUT2D eigenvalue weighted by Crippen LogP contribution is 2.34. The van der Waals surface area contributed by atoms with Crippen molar-refractivity contribution in [1.29, 1.82) is 0 Å². The minimum atomic E-state index is -0.299. The summed E-state index contributed by atoms with van der Waals surface area (Å²) in [6.07, 6.45) is 0.890. The second kappa shape index (κ2) is 10.1. The van der Waals surface area contributed by atoms with Crippen LogP contribution in [0.5, 0.6) is 11.5 Å². The van der Waals surface area contributed by atoms with Gasteiger partial charge in [0.25, 0.3) is 11.8 Å². The summed E-state index contributed by atoms with van der Waals surface area (Å²) in [7, 11) is 4.80. The summed E-state index contributed by atoms with van der Waals surface area (Å²) < 4.78 is 10.7. The summed E-state index contributed by atoms with van der Waals surface area (Å²) in [5.74, 6) is 0.388. The van der Waals surface area contributed by atoms with Gasteiger partial charge in [-0.05, 0) is 31.2 Å². The largest absolute Gasteiger partial charge is 0.493 e. The number of rotatable bonds is 6. The number of carbonyl (C=O) groups is 2. The molecule has 2 amide bonds. The minimum Gasteiger partial charge on any atom is -0.493 e. The van der Waals surface area contributed by atoms with E-state index in [0.717, 1.165) is 19.5 Å². The normalized spacial score (nSPS) is 15.2. The number of ether oxygens (including phenoxy) is 2. The van der Waals surface area contributed by atoms with E-state index in [2.05, 4.69) is 10.6 Å². The van der Waals surface area contributed by atoms with E-state index in [1.807, 2.05) is 6.07 Å². The van der Waals surface area contributed by atoms with E-state index in [4.69, 9.17) is 9.47 Å². The van der Waals surface area contributed by atoms with Crippen molar-refractivity contribution in [3.8, 4) is 11.5 Å². The van der Waals surface area contributed by atoms with Gasteiger partial charge in [-0.3, -0.25) is 9.59 Å². The van der Waals surface area contributed by atoms with E-state index in [1.165, 1.54) is 14.2 Å². The number of nitrogens with zero attached hydrogens (tertiary/aromatic N) is 1. The molecule has 2 N–H and O–H groups in total. The molecule has 2 aromatic carbocycles. The molecular formula is C21H26ClN3O4. The molecule has 0 saturated carbocycles. The fraction of sp³-hybridized carbons (Fsp3) is 0.333. The lowest BCUT2D eigenvalue weighted by atomic mass is 10.1. The lowest BCUT2D eigenvalue weighted by Crippen LogP contribution is -2.38. The first-order valence-corrected chi connectivity index (χ1v) is 9.15. The van der Waals surface area contributed by atoms with Gasteiger partial charge in [0.1, 0.15) is 0 Å². The summed E-state index contributed by atoms with van der Waals surface area (Å²) in [6.45, 7) is 1.63. The van der Waals surface area contributed by atoms with Crippen LogP contribution in [0.2, 0.25) is 0 Å². The Morgan fingerprint density at radius 1 is 1.10 bits per heavy atom. The average molecular weight is 420 g/mol. The number of anilines is 1. The maximum atomic E-state index is 13.2. The average Bonchev–Trinajstić information content (AvgIpc) is 3.27. The SMILES string of the molecule is COc1cc(NC(=O)c2ccccc2)c(C(=O)N(C)C2CCNC2)cc1OC.Cl. The van der Waals surface area contributed by atoms with E-state index in [1.54, 1.807) is 48.3 Å². The molecular weight excluding hydrogens is 394 g/mol. The van der Waals surface area contributed by atoms with Crippen LogP contribution in [0.25, 0.3) is 0 Å². The molecule has 1 unspecified atom stereocenters. The highest BCUT2D eigenvalue weighted by Gasteiger charge is 2.27. The number of amides is 2. The third-order valence-corrected chi connectivity index (χ3v) is 4.94. The van der Waals surface area contributed by atoms with Gasteiger partial charge in [0.2, 0.25) is 0 Å². The molecule has 1 saturated heterocycles. The highest BCUT2D eigenvalue weighted by atomic mass is 35.5. The monoisotopic (exact) mass is 419 g/mol. The molecule has 1 heterocycles. The summed E-state index contributed by atoms with van der Waals surface area (Å²) in [5, 5.41) is 6.10. The Labute approximate surface area is 176 Å². The summed E-state index contributed by atoms with van der Waals surface area (Å²) in [5.41, 5.74) is 1.25. The van der Waals surface area contributed by atoms with Gasteiger partial charge in [-0.15, -0.1) is 12.4 Å². The molecule has 1 aliphatic heterocycles. The maximum absolute atomic E-state index is 13.2. The van der Waals surface area contributed by atoms with Crippen LogP contribution in [0.4, 0.5) is 5.69 Å². The predicted molar refractivity (Wildman–Crippen MR) is 115 cm³/mol. The van der Waals surface area contributed by atoms with Crippen LogP contribution in [-0.4, -0.2) is 57.1 Å². The zero-order valence-corrected chi connectivity index (χ0v) is 17.5. The zero-order valence-electron chi connectivity index (χ0n) is 16.7. The van der Waals surface area contributed by atoms with Crippen LogP contribution in [0.3, 0.4) is 0 Å². The quantitative estimate of drug-likeness (QED) is 0.752. The number of carbonyl (C=O) groups excluding carboxylic acids is 2. The molecule has 0 aromatic heterocycles. The van der Waals surface area contributed by atoms with Crippen LogP contribution >= 0.6 is 12.4 Å². The molecule has 3 rings (SSSR count). The Hall–Kier alpha value is -2.77. The Morgan fingerprint density at radius 2 is 1.76 bits per heavy atom. The first kappa shape index (κ1) is 22.5. The molecule has 0 aliphatic carbocycles. The van der Waals surface area contributed by atoms with Crippen molar-refractivity contribution in [2.45, 2.75) is 12.5 Å². The van der Waals surface area contributed by atoms with Gasteiger partial charge < -0.3 is 25.0 Å². The Kier molecular flexibility index (Phi) is 7.87. The van der Waals surface area contributed by atoms with Gasteiger partial charge in [0.05, 0.1) is 25.5 Å². The maximum Gasteiger partial charge on any atom is 0.256 e. The first-order chi connectivity index (χ1) is 13.5. The molecule has 156 valence electrons. The number of halogens is 1. The minimum absolute atomic E-state index is 0. The number of hydrogen-bond donors (Lipinski definition) is 2. The third kappa shape index (κ3) is 4.99. The van der Waals surface area contributed by atoms with Gasteiger partial charge in [0, 0.05) is 31.3 Å². The van der Waals surface area contributed by atoms with Crippen molar-refractivity contribution in [3.05, 3.63) is 53.6 Å². The molecule has 1 atom stereocenters. The van der Waals surface area contributed by atoms with E-state index in [0.29, 0.717) is 28.3 Å². The smallest absolute Gasteiger partial charge is 0.256 e. The lowest BCUT2D eigenvalue weighted by molar-refractivity contribution is 0.0744. The van der Waals surface area contributed by atoms with Gasteiger partial charge in [0.15, 0.2) is 11.5 Å². The standard InChI is InChI=1S/C21H25N3O4.ClH/c1-24(15-9-10-22-13-15)21(26)16-11-18(27-2)19(28-3)12-17(16)23-20(25)14-7-5-4-6-8-14;/h4-8,11-12,15,22H,9-10,13H2,1-3H3,(H,23,25);1H. The fourth-order valence-electron chi connectivity index (χ4n) is 3.27. The van der Waals surface area contributed by atoms with Crippen LogP contribution < -0.4 is 20.1 Å². The van der Waals surface area contributed by atoms with Crippen molar-refractivity contribution in [2.75, 3.05) is 39.7 Å². The van der Waals surface area contributed by atoms with E-state index in [-0.39, 0.29) is 30.3 Å². The van der Waals surface area contributed by atoms with Crippen LogP contribution in [-0.2, 0) is 0 Å². The van der Waals surface area contributed by atoms with Crippen molar-refractivity contribution in [1.82, 2.24) is 10.2 Å². The number of likely N-dealkylation sites (N-methyl/N-ethyl adjacent to an activating group) is 1. The number of nitrogens with one attached hydrogen (secondary N) is 2. The van der Waals surface area contributed by atoms with E-state index < -0.39 is 0 Å². The fourth-order valence-corrected chi connectivity index (χ4v) is 3.27. The Morgan fingerprint density at radius 3 is 2.34 bits per heavy atom. The van der Waals surface area contributed by atoms with E-state index >= 15 is 0 Å². The van der Waals surface area contributed by atoms with Crippen molar-refractivity contribution < 1.29 is 19.1 Å². The molecule has 2 aromatic rings.